The van der Waals surface area contributed by atoms with Crippen LogP contribution < -0.4 is 9.44 Å². The summed E-state index contributed by atoms with van der Waals surface area (Å²) in [5, 5.41) is -2.43. The van der Waals surface area contributed by atoms with Crippen LogP contribution in [0, 0.1) is 17.8 Å². The Balaban J connectivity index is 1.48. The number of hydrogen-bond acceptors (Lipinski definition) is 4. The molecule has 0 radical (unpaired) electrons. The summed E-state index contributed by atoms with van der Waals surface area (Å²) in [6.07, 6.45) is -0.436. The van der Waals surface area contributed by atoms with Crippen LogP contribution in [0.3, 0.4) is 0 Å². The fraction of sp³-hybridized carbons (Fsp3) is 1.00. The number of rotatable bonds is 8. The molecule has 4 aliphatic carbocycles. The Morgan fingerprint density at radius 1 is 0.750 bits per heavy atom. The van der Waals surface area contributed by atoms with Gasteiger partial charge in [-0.2, -0.15) is 39.5 Å². The van der Waals surface area contributed by atoms with E-state index in [0.717, 1.165) is 19.3 Å². The summed E-state index contributed by atoms with van der Waals surface area (Å²) < 4.78 is 117. The number of alkyl halides is 9. The summed E-state index contributed by atoms with van der Waals surface area (Å²) in [6, 6.07) is 0. The van der Waals surface area contributed by atoms with E-state index in [9.17, 15) is 39.5 Å². The van der Waals surface area contributed by atoms with Crippen molar-refractivity contribution in [3.8, 4) is 0 Å². The fourth-order valence-electron chi connectivity index (χ4n) is 5.05. The maximum absolute atomic E-state index is 13.4. The van der Waals surface area contributed by atoms with E-state index in [0.29, 0.717) is 29.7 Å². The highest BCUT2D eigenvalue weighted by Crippen LogP contribution is 2.57. The molecule has 0 aromatic carbocycles. The average molecular weight is 462 g/mol. The summed E-state index contributed by atoms with van der Waals surface area (Å²) >= 11 is -0.619. The van der Waals surface area contributed by atoms with Crippen LogP contribution in [0.5, 0.6) is 0 Å². The lowest BCUT2D eigenvalue weighted by molar-refractivity contribution is -0.381. The van der Waals surface area contributed by atoms with Crippen molar-refractivity contribution in [2.24, 2.45) is 17.8 Å². The van der Waals surface area contributed by atoms with Crippen LogP contribution in [0.15, 0.2) is 0 Å². The van der Waals surface area contributed by atoms with E-state index in [1.165, 1.54) is 19.3 Å². The maximum Gasteiger partial charge on any atom is 0.460 e. The van der Waals surface area contributed by atoms with Gasteiger partial charge in [-0.05, 0) is 56.3 Å². The molecule has 13 heteroatoms. The van der Waals surface area contributed by atoms with Gasteiger partial charge in [0.15, 0.2) is 0 Å². The van der Waals surface area contributed by atoms with E-state index in [1.54, 1.807) is 4.13 Å². The third-order valence-corrected chi connectivity index (χ3v) is 7.51. The molecule has 4 fully saturated rings. The first-order chi connectivity index (χ1) is 12.7. The monoisotopic (exact) mass is 462 g/mol. The summed E-state index contributed by atoms with van der Waals surface area (Å²) in [5.74, 6) is -11.6. The molecule has 0 spiro atoms. The quantitative estimate of drug-likeness (QED) is 0.206. The standard InChI is InChI=1S/C15H19F9N2S2/c16-12(17,14(20,21)22)13(18,19)15(23,24)28-26-27-7-25-11-4-8-1-9(5-11)3-10(2-8)6-11/h8-10,25-26H,1-7H2. The molecule has 2 N–H and O–H groups in total. The van der Waals surface area contributed by atoms with Gasteiger partial charge in [0.25, 0.3) is 0 Å². The second kappa shape index (κ2) is 7.30. The molecular weight excluding hydrogens is 443 g/mol. The first kappa shape index (κ1) is 22.7. The first-order valence-electron chi connectivity index (χ1n) is 8.69. The van der Waals surface area contributed by atoms with Crippen LogP contribution >= 0.6 is 23.9 Å². The SMILES string of the molecule is FC(F)(F)C(F)(F)C(F)(F)C(F)(F)SNSCNC12CC3CC(CC(C3)C1)C2. The van der Waals surface area contributed by atoms with E-state index in [-0.39, 0.29) is 11.4 Å². The van der Waals surface area contributed by atoms with Crippen molar-refractivity contribution in [1.29, 1.82) is 0 Å². The van der Waals surface area contributed by atoms with Gasteiger partial charge >= 0.3 is 23.3 Å². The molecule has 28 heavy (non-hydrogen) atoms. The molecule has 0 aliphatic heterocycles. The predicted molar refractivity (Wildman–Crippen MR) is 88.1 cm³/mol. The molecule has 0 aromatic heterocycles. The summed E-state index contributed by atoms with van der Waals surface area (Å²) in [6.45, 7) is 0. The summed E-state index contributed by atoms with van der Waals surface area (Å²) in [7, 11) is 0. The predicted octanol–water partition coefficient (Wildman–Crippen LogP) is 5.81. The Labute approximate surface area is 164 Å². The van der Waals surface area contributed by atoms with Crippen LogP contribution in [0.25, 0.3) is 0 Å². The van der Waals surface area contributed by atoms with Gasteiger partial charge in [0.2, 0.25) is 0 Å². The molecule has 0 heterocycles. The van der Waals surface area contributed by atoms with Crippen LogP contribution in [0.1, 0.15) is 38.5 Å². The second-order valence-corrected chi connectivity index (χ2v) is 9.97. The van der Waals surface area contributed by atoms with Crippen molar-refractivity contribution in [2.75, 3.05) is 5.88 Å². The summed E-state index contributed by atoms with van der Waals surface area (Å²) in [4.78, 5) is 0. The van der Waals surface area contributed by atoms with Crippen LogP contribution in [0.4, 0.5) is 39.5 Å². The highest BCUT2D eigenvalue weighted by Gasteiger charge is 2.82. The van der Waals surface area contributed by atoms with E-state index in [4.69, 9.17) is 0 Å². The van der Waals surface area contributed by atoms with Crippen molar-refractivity contribution in [3.05, 3.63) is 0 Å². The van der Waals surface area contributed by atoms with E-state index in [1.807, 2.05) is 0 Å². The minimum absolute atomic E-state index is 0.0382. The zero-order valence-corrected chi connectivity index (χ0v) is 16.0. The molecule has 0 unspecified atom stereocenters. The molecule has 0 atom stereocenters. The molecule has 164 valence electrons. The van der Waals surface area contributed by atoms with Gasteiger partial charge in [-0.3, -0.25) is 0 Å². The van der Waals surface area contributed by atoms with Gasteiger partial charge in [0.05, 0.1) is 5.88 Å². The minimum Gasteiger partial charge on any atom is -0.301 e. The Hall–Kier alpha value is -0.0100. The van der Waals surface area contributed by atoms with Gasteiger partial charge in [-0.15, -0.1) is 0 Å². The smallest absolute Gasteiger partial charge is 0.301 e. The van der Waals surface area contributed by atoms with Crippen LogP contribution in [0.2, 0.25) is 0 Å². The van der Waals surface area contributed by atoms with E-state index in [2.05, 4.69) is 5.32 Å². The Morgan fingerprint density at radius 3 is 1.64 bits per heavy atom. The van der Waals surface area contributed by atoms with Crippen LogP contribution in [-0.2, 0) is 0 Å². The average Bonchev–Trinajstić information content (AvgIpc) is 2.51. The zero-order valence-electron chi connectivity index (χ0n) is 14.4. The number of hydrogen-bond donors (Lipinski definition) is 2. The second-order valence-electron chi connectivity index (χ2n) is 8.01. The molecule has 4 bridgehead atoms. The van der Waals surface area contributed by atoms with E-state index < -0.39 is 35.2 Å². The topological polar surface area (TPSA) is 24.1 Å². The molecule has 0 aromatic rings. The Bertz CT molecular complexity index is 547. The van der Waals surface area contributed by atoms with Gasteiger partial charge < -0.3 is 5.32 Å². The van der Waals surface area contributed by atoms with Crippen molar-refractivity contribution in [2.45, 2.75) is 67.3 Å². The Kier molecular flexibility index (Phi) is 5.91. The third-order valence-electron chi connectivity index (χ3n) is 5.90. The lowest BCUT2D eigenvalue weighted by Crippen LogP contribution is -2.60. The maximum atomic E-state index is 13.4. The normalized spacial score (nSPS) is 33.5. The van der Waals surface area contributed by atoms with Crippen LogP contribution in [-0.4, -0.2) is 34.7 Å². The lowest BCUT2D eigenvalue weighted by atomic mass is 9.53. The van der Waals surface area contributed by atoms with Gasteiger partial charge in [-0.25, -0.2) is 4.13 Å². The zero-order chi connectivity index (χ0) is 21.0. The number of halogens is 9. The van der Waals surface area contributed by atoms with Crippen molar-refractivity contribution in [1.82, 2.24) is 9.44 Å². The van der Waals surface area contributed by atoms with Gasteiger partial charge in [0.1, 0.15) is 0 Å². The van der Waals surface area contributed by atoms with Crippen molar-refractivity contribution >= 4 is 23.9 Å². The van der Waals surface area contributed by atoms with Crippen molar-refractivity contribution in [3.63, 3.8) is 0 Å². The number of nitrogens with one attached hydrogen (secondary N) is 2. The molecule has 4 aliphatic rings. The van der Waals surface area contributed by atoms with Crippen molar-refractivity contribution < 1.29 is 39.5 Å². The third kappa shape index (κ3) is 3.96. The Morgan fingerprint density at radius 2 is 1.21 bits per heavy atom. The molecule has 4 saturated carbocycles. The highest BCUT2D eigenvalue weighted by atomic mass is 32.2. The van der Waals surface area contributed by atoms with Gasteiger partial charge in [-0.1, -0.05) is 11.9 Å². The molecule has 0 saturated heterocycles. The molecular formula is C15H19F9N2S2. The fourth-order valence-corrected chi connectivity index (χ4v) is 6.58. The highest BCUT2D eigenvalue weighted by molar-refractivity contribution is 8.13. The molecule has 0 amide bonds. The van der Waals surface area contributed by atoms with Gasteiger partial charge in [0, 0.05) is 17.5 Å². The molecule has 4 rings (SSSR count). The molecule has 2 nitrogen and oxygen atoms in total. The first-order valence-corrected chi connectivity index (χ1v) is 10.5. The lowest BCUT2D eigenvalue weighted by Gasteiger charge is -2.57. The summed E-state index contributed by atoms with van der Waals surface area (Å²) in [5.41, 5.74) is -0.135. The largest absolute Gasteiger partial charge is 0.460 e. The minimum atomic E-state index is -6.86. The van der Waals surface area contributed by atoms with E-state index >= 15 is 0 Å².